The van der Waals surface area contributed by atoms with E-state index in [2.05, 4.69) is 16.9 Å². The minimum absolute atomic E-state index is 0.0511. The van der Waals surface area contributed by atoms with E-state index in [0.717, 1.165) is 35.0 Å². The minimum Gasteiger partial charge on any atom is -0.312 e. The molecule has 3 aromatic heterocycles. The Morgan fingerprint density at radius 3 is 3.05 bits per heavy atom. The number of nitrogens with one attached hydrogen (secondary N) is 1. The second-order valence-electron chi connectivity index (χ2n) is 5.66. The summed E-state index contributed by atoms with van der Waals surface area (Å²) >= 11 is 1.48. The molecule has 0 unspecified atom stereocenters. The number of H-pyrrole nitrogens is 1. The molecule has 5 heteroatoms. The lowest BCUT2D eigenvalue weighted by molar-refractivity contribution is 0.770. The molecule has 0 aromatic carbocycles. The maximum Gasteiger partial charge on any atom is 0.268 e. The van der Waals surface area contributed by atoms with Crippen molar-refractivity contribution >= 4 is 31.8 Å². The lowest BCUT2D eigenvalue weighted by Gasteiger charge is -2.08. The molecule has 1 aliphatic rings. The van der Waals surface area contributed by atoms with Crippen molar-refractivity contribution in [3.05, 3.63) is 33.5 Å². The Morgan fingerprint density at radius 2 is 2.19 bits per heavy atom. The summed E-state index contributed by atoms with van der Waals surface area (Å²) in [6.45, 7) is 2.21. The normalized spacial score (nSPS) is 14.1. The van der Waals surface area contributed by atoms with Gasteiger partial charge < -0.3 is 4.98 Å². The highest BCUT2D eigenvalue weighted by Gasteiger charge is 2.23. The average molecular weight is 299 g/mol. The van der Waals surface area contributed by atoms with Gasteiger partial charge in [-0.3, -0.25) is 4.79 Å². The molecule has 4 nitrogen and oxygen atoms in total. The number of aromatic amines is 1. The fourth-order valence-electron chi connectivity index (χ4n) is 3.34. The van der Waals surface area contributed by atoms with Crippen molar-refractivity contribution in [3.63, 3.8) is 0 Å². The van der Waals surface area contributed by atoms with E-state index < -0.39 is 0 Å². The first-order valence-electron chi connectivity index (χ1n) is 7.60. The average Bonchev–Trinajstić information content (AvgIpc) is 3.09. The summed E-state index contributed by atoms with van der Waals surface area (Å²) in [5.41, 5.74) is 4.87. The highest BCUT2D eigenvalue weighted by Crippen LogP contribution is 2.38. The van der Waals surface area contributed by atoms with E-state index in [1.807, 2.05) is 0 Å². The molecule has 3 heterocycles. The largest absolute Gasteiger partial charge is 0.312 e. The van der Waals surface area contributed by atoms with Gasteiger partial charge in [0, 0.05) is 11.1 Å². The van der Waals surface area contributed by atoms with Crippen LogP contribution in [0.3, 0.4) is 0 Å². The Hall–Kier alpha value is -1.75. The van der Waals surface area contributed by atoms with Gasteiger partial charge in [-0.05, 0) is 43.2 Å². The molecule has 3 aromatic rings. The van der Waals surface area contributed by atoms with E-state index in [4.69, 9.17) is 4.98 Å². The topological polar surface area (TPSA) is 58.6 Å². The van der Waals surface area contributed by atoms with Crippen LogP contribution in [0.15, 0.2) is 11.1 Å². The number of nitrogens with zero attached hydrogens (tertiary/aromatic N) is 2. The molecule has 21 heavy (non-hydrogen) atoms. The van der Waals surface area contributed by atoms with Crippen LogP contribution >= 0.6 is 11.3 Å². The predicted octanol–water partition coefficient (Wildman–Crippen LogP) is 3.36. The molecule has 0 saturated carbocycles. The van der Waals surface area contributed by atoms with Crippen molar-refractivity contribution in [3.8, 4) is 0 Å². The van der Waals surface area contributed by atoms with Gasteiger partial charge in [0.15, 0.2) is 0 Å². The number of aromatic nitrogens is 3. The third-order valence-corrected chi connectivity index (χ3v) is 5.40. The Morgan fingerprint density at radius 1 is 1.33 bits per heavy atom. The van der Waals surface area contributed by atoms with Crippen LogP contribution in [-0.4, -0.2) is 15.0 Å². The number of aryl methyl sites for hydroxylation is 2. The van der Waals surface area contributed by atoms with E-state index in [-0.39, 0.29) is 5.56 Å². The zero-order chi connectivity index (χ0) is 14.4. The number of thiophene rings is 1. The second kappa shape index (κ2) is 4.91. The molecule has 0 amide bonds. The van der Waals surface area contributed by atoms with Crippen molar-refractivity contribution in [1.82, 2.24) is 15.0 Å². The Bertz CT molecular complexity index is 894. The van der Waals surface area contributed by atoms with Crippen molar-refractivity contribution in [2.75, 3.05) is 0 Å². The molecular formula is C16H17N3OS. The summed E-state index contributed by atoms with van der Waals surface area (Å²) in [7, 11) is 0. The van der Waals surface area contributed by atoms with Crippen LogP contribution in [0, 0.1) is 0 Å². The van der Waals surface area contributed by atoms with E-state index in [1.54, 1.807) is 0 Å². The summed E-state index contributed by atoms with van der Waals surface area (Å²) in [5.74, 6) is 0. The van der Waals surface area contributed by atoms with E-state index in [9.17, 15) is 4.79 Å². The summed E-state index contributed by atoms with van der Waals surface area (Å²) in [4.78, 5) is 25.0. The van der Waals surface area contributed by atoms with Crippen LogP contribution in [-0.2, 0) is 19.3 Å². The van der Waals surface area contributed by atoms with Gasteiger partial charge in [0.25, 0.3) is 5.56 Å². The monoisotopic (exact) mass is 299 g/mol. The van der Waals surface area contributed by atoms with Gasteiger partial charge in [-0.2, -0.15) is 0 Å². The summed E-state index contributed by atoms with van der Waals surface area (Å²) < 4.78 is 0.710. The maximum absolute atomic E-state index is 12.0. The van der Waals surface area contributed by atoms with Gasteiger partial charge in [-0.1, -0.05) is 13.3 Å². The molecule has 0 radical (unpaired) electrons. The molecular weight excluding hydrogens is 282 g/mol. The Kier molecular flexibility index (Phi) is 3.03. The Balaban J connectivity index is 2.07. The first-order valence-corrected chi connectivity index (χ1v) is 8.41. The molecule has 0 atom stereocenters. The van der Waals surface area contributed by atoms with E-state index in [1.165, 1.54) is 53.7 Å². The smallest absolute Gasteiger partial charge is 0.268 e. The number of fused-ring (bicyclic) bond motifs is 5. The van der Waals surface area contributed by atoms with Crippen molar-refractivity contribution in [2.45, 2.75) is 45.4 Å². The van der Waals surface area contributed by atoms with Crippen LogP contribution in [0.25, 0.3) is 20.4 Å². The van der Waals surface area contributed by atoms with Crippen LogP contribution < -0.4 is 5.56 Å². The molecule has 0 aliphatic heterocycles. The zero-order valence-electron chi connectivity index (χ0n) is 12.0. The van der Waals surface area contributed by atoms with Gasteiger partial charge >= 0.3 is 0 Å². The number of rotatable bonds is 3. The van der Waals surface area contributed by atoms with Crippen molar-refractivity contribution < 1.29 is 0 Å². The number of unbranched alkanes of at least 4 members (excludes halogenated alkanes) is 1. The fourth-order valence-corrected chi connectivity index (χ4v) is 4.41. The molecule has 4 rings (SSSR count). The molecule has 108 valence electrons. The third kappa shape index (κ3) is 1.91. The first-order chi connectivity index (χ1) is 10.3. The van der Waals surface area contributed by atoms with Crippen molar-refractivity contribution in [2.24, 2.45) is 0 Å². The molecule has 0 spiro atoms. The highest BCUT2D eigenvalue weighted by atomic mass is 32.1. The lowest BCUT2D eigenvalue weighted by Crippen LogP contribution is -2.03. The molecule has 1 aliphatic carbocycles. The van der Waals surface area contributed by atoms with Crippen LogP contribution in [0.5, 0.6) is 0 Å². The molecule has 0 saturated heterocycles. The third-order valence-electron chi connectivity index (χ3n) is 4.33. The molecule has 0 fully saturated rings. The number of hydrogen-bond donors (Lipinski definition) is 1. The van der Waals surface area contributed by atoms with Crippen LogP contribution in [0.2, 0.25) is 0 Å². The van der Waals surface area contributed by atoms with Gasteiger partial charge in [0.05, 0.1) is 11.8 Å². The van der Waals surface area contributed by atoms with Gasteiger partial charge in [0.1, 0.15) is 9.53 Å². The Labute approximate surface area is 126 Å². The fraction of sp³-hybridized carbons (Fsp3) is 0.438. The SMILES string of the molecule is CCCCc1nc2sc3c(=O)[nH]cnc3c2c2c1CCC2. The van der Waals surface area contributed by atoms with Crippen molar-refractivity contribution in [1.29, 1.82) is 0 Å². The number of pyridine rings is 1. The quantitative estimate of drug-likeness (QED) is 0.806. The predicted molar refractivity (Wildman–Crippen MR) is 86.2 cm³/mol. The van der Waals surface area contributed by atoms with E-state index in [0.29, 0.717) is 4.70 Å². The standard InChI is InChI=1S/C16H17N3OS/c1-2-3-7-11-9-5-4-6-10(9)12-13-14(21-16(12)19-11)15(20)18-8-17-13/h8H,2-7H2,1H3,(H,17,18,20). The molecule has 0 bridgehead atoms. The van der Waals surface area contributed by atoms with Gasteiger partial charge in [0.2, 0.25) is 0 Å². The second-order valence-corrected chi connectivity index (χ2v) is 6.66. The lowest BCUT2D eigenvalue weighted by atomic mass is 10.0. The summed E-state index contributed by atoms with van der Waals surface area (Å²) in [5, 5.41) is 1.13. The van der Waals surface area contributed by atoms with Gasteiger partial charge in [-0.25, -0.2) is 9.97 Å². The summed E-state index contributed by atoms with van der Waals surface area (Å²) in [6.07, 6.45) is 8.31. The van der Waals surface area contributed by atoms with Crippen LogP contribution in [0.1, 0.15) is 43.0 Å². The van der Waals surface area contributed by atoms with E-state index >= 15 is 0 Å². The van der Waals surface area contributed by atoms with Crippen LogP contribution in [0.4, 0.5) is 0 Å². The minimum atomic E-state index is -0.0511. The zero-order valence-corrected chi connectivity index (χ0v) is 12.8. The first kappa shape index (κ1) is 13.0. The maximum atomic E-state index is 12.0. The highest BCUT2D eigenvalue weighted by molar-refractivity contribution is 7.25. The summed E-state index contributed by atoms with van der Waals surface area (Å²) in [6, 6.07) is 0. The molecule has 1 N–H and O–H groups in total. The van der Waals surface area contributed by atoms with Gasteiger partial charge in [-0.15, -0.1) is 11.3 Å². The number of hydrogen-bond acceptors (Lipinski definition) is 4.